The van der Waals surface area contributed by atoms with Crippen LogP contribution in [0.25, 0.3) is 10.9 Å². The minimum Gasteiger partial charge on any atom is -0.309 e. The molecule has 102 valence electrons. The van der Waals surface area contributed by atoms with Gasteiger partial charge >= 0.3 is 0 Å². The lowest BCUT2D eigenvalue weighted by Crippen LogP contribution is -2.17. The maximum Gasteiger partial charge on any atom is 0.0705 e. The van der Waals surface area contributed by atoms with Crippen molar-refractivity contribution in [2.75, 3.05) is 7.05 Å². The first kappa shape index (κ1) is 13.6. The van der Waals surface area contributed by atoms with E-state index in [1.165, 1.54) is 5.56 Å². The number of fused-ring (bicyclic) bond motifs is 1. The Balaban J connectivity index is 2.19. The van der Waals surface area contributed by atoms with E-state index in [0.29, 0.717) is 0 Å². The van der Waals surface area contributed by atoms with Crippen LogP contribution in [0.1, 0.15) is 22.0 Å². The molecule has 1 atom stereocenters. The molecule has 0 amide bonds. The second-order valence-electron chi connectivity index (χ2n) is 4.74. The zero-order valence-electron chi connectivity index (χ0n) is 11.4. The van der Waals surface area contributed by atoms with E-state index >= 15 is 0 Å². The highest BCUT2D eigenvalue weighted by Crippen LogP contribution is 2.37. The largest absolute Gasteiger partial charge is 0.309 e. The Bertz CT molecular complexity index is 746. The number of thiophene rings is 1. The SMILES string of the molecule is CNC(c1scc(C)c1Cl)c1cccc2ncccc12. The van der Waals surface area contributed by atoms with E-state index in [0.717, 1.165) is 26.4 Å². The zero-order valence-corrected chi connectivity index (χ0v) is 12.9. The number of pyridine rings is 1. The van der Waals surface area contributed by atoms with E-state index in [-0.39, 0.29) is 6.04 Å². The Morgan fingerprint density at radius 3 is 2.80 bits per heavy atom. The van der Waals surface area contributed by atoms with Crippen molar-refractivity contribution in [3.8, 4) is 0 Å². The summed E-state index contributed by atoms with van der Waals surface area (Å²) < 4.78 is 0. The molecule has 1 N–H and O–H groups in total. The lowest BCUT2D eigenvalue weighted by molar-refractivity contribution is 0.709. The van der Waals surface area contributed by atoms with Gasteiger partial charge in [-0.15, -0.1) is 11.3 Å². The standard InChI is InChI=1S/C16H15ClN2S/c1-10-9-20-16(14(10)17)15(18-2)12-5-3-7-13-11(12)6-4-8-19-13/h3-9,15,18H,1-2H3. The van der Waals surface area contributed by atoms with Crippen LogP contribution in [-0.2, 0) is 0 Å². The van der Waals surface area contributed by atoms with Crippen LogP contribution >= 0.6 is 22.9 Å². The molecule has 0 aliphatic carbocycles. The average Bonchev–Trinajstić information content (AvgIpc) is 2.81. The van der Waals surface area contributed by atoms with Crippen LogP contribution in [0.4, 0.5) is 0 Å². The number of aromatic nitrogens is 1. The normalized spacial score (nSPS) is 12.8. The molecule has 0 fully saturated rings. The molecular formula is C16H15ClN2S. The predicted octanol–water partition coefficient (Wildman–Crippen LogP) is 4.57. The summed E-state index contributed by atoms with van der Waals surface area (Å²) in [5, 5.41) is 7.50. The Labute approximate surface area is 127 Å². The molecule has 0 spiro atoms. The molecule has 4 heteroatoms. The number of hydrogen-bond acceptors (Lipinski definition) is 3. The fourth-order valence-corrected chi connectivity index (χ4v) is 3.88. The fraction of sp³-hybridized carbons (Fsp3) is 0.188. The maximum absolute atomic E-state index is 6.44. The Morgan fingerprint density at radius 1 is 1.25 bits per heavy atom. The van der Waals surface area contributed by atoms with Gasteiger partial charge in [-0.3, -0.25) is 4.98 Å². The highest BCUT2D eigenvalue weighted by Gasteiger charge is 2.20. The fourth-order valence-electron chi connectivity index (χ4n) is 2.45. The molecule has 0 aliphatic rings. The monoisotopic (exact) mass is 302 g/mol. The number of hydrogen-bond donors (Lipinski definition) is 1. The first-order valence-electron chi connectivity index (χ1n) is 6.46. The summed E-state index contributed by atoms with van der Waals surface area (Å²) in [6.45, 7) is 2.04. The van der Waals surface area contributed by atoms with Crippen LogP contribution in [0.15, 0.2) is 41.9 Å². The second-order valence-corrected chi connectivity index (χ2v) is 6.03. The van der Waals surface area contributed by atoms with Gasteiger partial charge in [0.2, 0.25) is 0 Å². The van der Waals surface area contributed by atoms with Crippen LogP contribution in [0.5, 0.6) is 0 Å². The first-order chi connectivity index (χ1) is 9.72. The number of halogens is 1. The van der Waals surface area contributed by atoms with Gasteiger partial charge in [-0.05, 0) is 42.6 Å². The van der Waals surface area contributed by atoms with Crippen molar-refractivity contribution >= 4 is 33.8 Å². The Morgan fingerprint density at radius 2 is 2.10 bits per heavy atom. The third kappa shape index (κ3) is 2.22. The summed E-state index contributed by atoms with van der Waals surface area (Å²) in [7, 11) is 1.96. The molecule has 0 radical (unpaired) electrons. The predicted molar refractivity (Wildman–Crippen MR) is 86.7 cm³/mol. The molecule has 3 aromatic rings. The summed E-state index contributed by atoms with van der Waals surface area (Å²) in [5.74, 6) is 0. The Hall–Kier alpha value is -1.42. The lowest BCUT2D eigenvalue weighted by atomic mass is 10.00. The molecule has 20 heavy (non-hydrogen) atoms. The topological polar surface area (TPSA) is 24.9 Å². The minimum atomic E-state index is 0.0918. The summed E-state index contributed by atoms with van der Waals surface area (Å²) >= 11 is 8.14. The molecule has 0 saturated carbocycles. The van der Waals surface area contributed by atoms with Gasteiger partial charge in [0.1, 0.15) is 0 Å². The molecule has 2 heterocycles. The molecule has 0 aliphatic heterocycles. The van der Waals surface area contributed by atoms with E-state index in [1.54, 1.807) is 11.3 Å². The zero-order chi connectivity index (χ0) is 14.1. The lowest BCUT2D eigenvalue weighted by Gasteiger charge is -2.18. The highest BCUT2D eigenvalue weighted by atomic mass is 35.5. The Kier molecular flexibility index (Phi) is 3.74. The van der Waals surface area contributed by atoms with Crippen molar-refractivity contribution in [2.45, 2.75) is 13.0 Å². The number of nitrogens with zero attached hydrogens (tertiary/aromatic N) is 1. The highest BCUT2D eigenvalue weighted by molar-refractivity contribution is 7.10. The summed E-state index contributed by atoms with van der Waals surface area (Å²) in [6, 6.07) is 10.4. The van der Waals surface area contributed by atoms with Gasteiger partial charge < -0.3 is 5.32 Å². The van der Waals surface area contributed by atoms with Crippen molar-refractivity contribution < 1.29 is 0 Å². The van der Waals surface area contributed by atoms with Crippen molar-refractivity contribution in [1.82, 2.24) is 10.3 Å². The molecule has 1 aromatic carbocycles. The quantitative estimate of drug-likeness (QED) is 0.767. The van der Waals surface area contributed by atoms with Gasteiger partial charge in [-0.25, -0.2) is 0 Å². The number of benzene rings is 1. The first-order valence-corrected chi connectivity index (χ1v) is 7.72. The third-order valence-electron chi connectivity index (χ3n) is 3.47. The van der Waals surface area contributed by atoms with E-state index in [2.05, 4.69) is 27.8 Å². The summed E-state index contributed by atoms with van der Waals surface area (Å²) in [5.41, 5.74) is 3.35. The van der Waals surface area contributed by atoms with E-state index < -0.39 is 0 Å². The maximum atomic E-state index is 6.44. The third-order valence-corrected chi connectivity index (χ3v) is 5.25. The summed E-state index contributed by atoms with van der Waals surface area (Å²) in [4.78, 5) is 5.58. The van der Waals surface area contributed by atoms with Gasteiger partial charge in [0.25, 0.3) is 0 Å². The van der Waals surface area contributed by atoms with Crippen LogP contribution in [0.2, 0.25) is 5.02 Å². The molecular weight excluding hydrogens is 288 g/mol. The van der Waals surface area contributed by atoms with Gasteiger partial charge in [0.15, 0.2) is 0 Å². The molecule has 2 aromatic heterocycles. The van der Waals surface area contributed by atoms with Crippen molar-refractivity contribution in [3.05, 3.63) is 62.9 Å². The van der Waals surface area contributed by atoms with Gasteiger partial charge in [-0.1, -0.05) is 29.8 Å². The smallest absolute Gasteiger partial charge is 0.0705 e. The van der Waals surface area contributed by atoms with Crippen LogP contribution in [0, 0.1) is 6.92 Å². The van der Waals surface area contributed by atoms with Gasteiger partial charge in [0, 0.05) is 16.5 Å². The van der Waals surface area contributed by atoms with Crippen LogP contribution < -0.4 is 5.32 Å². The summed E-state index contributed by atoms with van der Waals surface area (Å²) in [6.07, 6.45) is 1.82. The number of aryl methyl sites for hydroxylation is 1. The molecule has 3 rings (SSSR count). The van der Waals surface area contributed by atoms with Crippen molar-refractivity contribution in [2.24, 2.45) is 0 Å². The van der Waals surface area contributed by atoms with Crippen LogP contribution in [0.3, 0.4) is 0 Å². The minimum absolute atomic E-state index is 0.0918. The van der Waals surface area contributed by atoms with Crippen LogP contribution in [-0.4, -0.2) is 12.0 Å². The van der Waals surface area contributed by atoms with Crippen molar-refractivity contribution in [1.29, 1.82) is 0 Å². The molecule has 0 saturated heterocycles. The molecule has 2 nitrogen and oxygen atoms in total. The average molecular weight is 303 g/mol. The molecule has 1 unspecified atom stereocenters. The molecule has 0 bridgehead atoms. The number of rotatable bonds is 3. The van der Waals surface area contributed by atoms with Crippen molar-refractivity contribution in [3.63, 3.8) is 0 Å². The van der Waals surface area contributed by atoms with E-state index in [9.17, 15) is 0 Å². The second kappa shape index (κ2) is 5.52. The van der Waals surface area contributed by atoms with Gasteiger partial charge in [0.05, 0.1) is 16.6 Å². The van der Waals surface area contributed by atoms with E-state index in [4.69, 9.17) is 11.6 Å². The number of nitrogens with one attached hydrogen (secondary N) is 1. The van der Waals surface area contributed by atoms with E-state index in [1.807, 2.05) is 38.4 Å². The van der Waals surface area contributed by atoms with Gasteiger partial charge in [-0.2, -0.15) is 0 Å².